The van der Waals surface area contributed by atoms with Crippen LogP contribution in [0.2, 0.25) is 0 Å². The summed E-state index contributed by atoms with van der Waals surface area (Å²) in [6, 6.07) is 2.92. The number of rotatable bonds is 5. The van der Waals surface area contributed by atoms with Crippen LogP contribution in [0.1, 0.15) is 58.0 Å². The van der Waals surface area contributed by atoms with Crippen molar-refractivity contribution in [1.29, 1.82) is 0 Å². The third kappa shape index (κ3) is 4.53. The van der Waals surface area contributed by atoms with Crippen LogP contribution in [0.25, 0.3) is 0 Å². The summed E-state index contributed by atoms with van der Waals surface area (Å²) < 4.78 is 10.6. The molecule has 4 rings (SSSR count). The lowest BCUT2D eigenvalue weighted by Gasteiger charge is -2.29. The molecule has 1 aliphatic rings. The van der Waals surface area contributed by atoms with Crippen LogP contribution in [-0.4, -0.2) is 61.5 Å². The summed E-state index contributed by atoms with van der Waals surface area (Å²) in [4.78, 5) is 38.2. The largest absolute Gasteiger partial charge is 0.361 e. The van der Waals surface area contributed by atoms with Crippen molar-refractivity contribution in [1.82, 2.24) is 30.1 Å². The highest BCUT2D eigenvalue weighted by molar-refractivity contribution is 5.94. The van der Waals surface area contributed by atoms with Crippen molar-refractivity contribution in [3.8, 4) is 0 Å². The first-order valence-electron chi connectivity index (χ1n) is 10.6. The van der Waals surface area contributed by atoms with E-state index in [0.717, 1.165) is 17.0 Å². The van der Waals surface area contributed by atoms with Crippen molar-refractivity contribution in [2.75, 3.05) is 19.6 Å². The number of carbonyl (C=O) groups excluding carboxylic acids is 2. The molecule has 0 N–H and O–H groups in total. The molecule has 1 fully saturated rings. The van der Waals surface area contributed by atoms with Gasteiger partial charge in [-0.25, -0.2) is 0 Å². The molecule has 0 bridgehead atoms. The highest BCUT2D eigenvalue weighted by atomic mass is 16.5. The van der Waals surface area contributed by atoms with Crippen LogP contribution in [-0.2, 0) is 11.2 Å². The monoisotopic (exact) mass is 438 g/mol. The van der Waals surface area contributed by atoms with Gasteiger partial charge in [-0.05, 0) is 45.7 Å². The van der Waals surface area contributed by atoms with Crippen molar-refractivity contribution in [2.24, 2.45) is 0 Å². The number of carbonyl (C=O) groups is 2. The highest BCUT2D eigenvalue weighted by Crippen LogP contribution is 2.26. The maximum atomic E-state index is 13.3. The second-order valence-electron chi connectivity index (χ2n) is 7.93. The van der Waals surface area contributed by atoms with Gasteiger partial charge in [0.25, 0.3) is 11.8 Å². The lowest BCUT2D eigenvalue weighted by molar-refractivity contribution is -0.131. The fraction of sp³-hybridized carbons (Fsp3) is 0.455. The fourth-order valence-corrected chi connectivity index (χ4v) is 4.02. The van der Waals surface area contributed by atoms with Gasteiger partial charge in [-0.15, -0.1) is 0 Å². The van der Waals surface area contributed by atoms with E-state index in [1.165, 1.54) is 6.20 Å². The maximum absolute atomic E-state index is 13.3. The van der Waals surface area contributed by atoms with E-state index >= 15 is 0 Å². The quantitative estimate of drug-likeness (QED) is 0.596. The number of pyridine rings is 1. The Bertz CT molecular complexity index is 1070. The predicted molar refractivity (Wildman–Crippen MR) is 113 cm³/mol. The number of nitrogens with zero attached hydrogens (tertiary/aromatic N) is 6. The van der Waals surface area contributed by atoms with E-state index in [1.807, 2.05) is 13.8 Å². The molecule has 168 valence electrons. The minimum absolute atomic E-state index is 0.00177. The summed E-state index contributed by atoms with van der Waals surface area (Å²) in [6.45, 7) is 6.74. The zero-order chi connectivity index (χ0) is 22.7. The van der Waals surface area contributed by atoms with E-state index in [4.69, 9.17) is 9.05 Å². The van der Waals surface area contributed by atoms with E-state index in [1.54, 1.807) is 35.1 Å². The molecule has 1 saturated heterocycles. The minimum atomic E-state index is -0.533. The minimum Gasteiger partial charge on any atom is -0.361 e. The Morgan fingerprint density at radius 3 is 2.66 bits per heavy atom. The van der Waals surface area contributed by atoms with Crippen LogP contribution in [0.5, 0.6) is 0 Å². The molecule has 3 aromatic heterocycles. The van der Waals surface area contributed by atoms with Gasteiger partial charge in [0, 0.05) is 37.5 Å². The molecule has 1 aliphatic heterocycles. The van der Waals surface area contributed by atoms with Crippen LogP contribution >= 0.6 is 0 Å². The standard InChI is InChI=1S/C22H26N6O4/c1-14-18(15(2)31-25-14)7-8-20(29)27-10-5-11-28(22(30)17-6-4-9-23-12-17)19(13-27)21-24-16(3)26-32-21/h4,6,9,12,19H,5,7-8,10-11,13H2,1-3H3. The molecule has 2 amide bonds. The maximum Gasteiger partial charge on any atom is 0.256 e. The number of amides is 2. The van der Waals surface area contributed by atoms with Gasteiger partial charge in [-0.2, -0.15) is 4.98 Å². The Labute approximate surface area is 185 Å². The zero-order valence-corrected chi connectivity index (χ0v) is 18.4. The molecule has 32 heavy (non-hydrogen) atoms. The Morgan fingerprint density at radius 1 is 1.16 bits per heavy atom. The van der Waals surface area contributed by atoms with E-state index in [2.05, 4.69) is 20.3 Å². The topological polar surface area (TPSA) is 118 Å². The molecule has 1 atom stereocenters. The second kappa shape index (κ2) is 9.29. The first-order chi connectivity index (χ1) is 15.4. The summed E-state index contributed by atoms with van der Waals surface area (Å²) in [6.07, 6.45) is 4.69. The smallest absolute Gasteiger partial charge is 0.256 e. The first-order valence-corrected chi connectivity index (χ1v) is 10.6. The number of aryl methyl sites for hydroxylation is 3. The molecule has 10 nitrogen and oxygen atoms in total. The molecule has 1 unspecified atom stereocenters. The van der Waals surface area contributed by atoms with E-state index < -0.39 is 6.04 Å². The van der Waals surface area contributed by atoms with Gasteiger partial charge in [-0.3, -0.25) is 14.6 Å². The van der Waals surface area contributed by atoms with Crippen molar-refractivity contribution in [3.05, 3.63) is 58.8 Å². The summed E-state index contributed by atoms with van der Waals surface area (Å²) >= 11 is 0. The molecule has 0 aromatic carbocycles. The average molecular weight is 438 g/mol. The van der Waals surface area contributed by atoms with Crippen LogP contribution < -0.4 is 0 Å². The SMILES string of the molecule is Cc1noc(C2CN(C(=O)CCc3c(C)noc3C)CCCN2C(=O)c2cccnc2)n1. The molecule has 0 saturated carbocycles. The third-order valence-electron chi connectivity index (χ3n) is 5.72. The Kier molecular flexibility index (Phi) is 6.29. The second-order valence-corrected chi connectivity index (χ2v) is 7.93. The summed E-state index contributed by atoms with van der Waals surface area (Å²) in [7, 11) is 0. The van der Waals surface area contributed by atoms with Gasteiger partial charge >= 0.3 is 0 Å². The molecule has 10 heteroatoms. The predicted octanol–water partition coefficient (Wildman–Crippen LogP) is 2.43. The summed E-state index contributed by atoms with van der Waals surface area (Å²) in [5, 5.41) is 7.85. The van der Waals surface area contributed by atoms with Crippen LogP contribution in [0.3, 0.4) is 0 Å². The Hall–Kier alpha value is -3.56. The fourth-order valence-electron chi connectivity index (χ4n) is 4.02. The van der Waals surface area contributed by atoms with Gasteiger partial charge in [0.05, 0.1) is 17.8 Å². The van der Waals surface area contributed by atoms with Gasteiger partial charge < -0.3 is 18.8 Å². The van der Waals surface area contributed by atoms with E-state index in [-0.39, 0.29) is 18.4 Å². The van der Waals surface area contributed by atoms with Crippen molar-refractivity contribution < 1.29 is 18.6 Å². The average Bonchev–Trinajstić information content (AvgIpc) is 3.28. The van der Waals surface area contributed by atoms with Crippen molar-refractivity contribution >= 4 is 11.8 Å². The van der Waals surface area contributed by atoms with Crippen molar-refractivity contribution in [3.63, 3.8) is 0 Å². The number of aromatic nitrogens is 4. The van der Waals surface area contributed by atoms with Gasteiger partial charge in [0.1, 0.15) is 11.8 Å². The van der Waals surface area contributed by atoms with Gasteiger partial charge in [-0.1, -0.05) is 10.3 Å². The molecule has 3 aromatic rings. The van der Waals surface area contributed by atoms with Gasteiger partial charge in [0.2, 0.25) is 5.91 Å². The Balaban J connectivity index is 1.54. The summed E-state index contributed by atoms with van der Waals surface area (Å²) in [5.74, 6) is 1.36. The number of hydrogen-bond acceptors (Lipinski definition) is 8. The normalized spacial score (nSPS) is 16.8. The molecule has 4 heterocycles. The molecule has 0 spiro atoms. The van der Waals surface area contributed by atoms with Crippen LogP contribution in [0.4, 0.5) is 0 Å². The molecular weight excluding hydrogens is 412 g/mol. The van der Waals surface area contributed by atoms with Crippen LogP contribution in [0, 0.1) is 20.8 Å². The number of hydrogen-bond donors (Lipinski definition) is 0. The van der Waals surface area contributed by atoms with E-state index in [0.29, 0.717) is 49.6 Å². The molecular formula is C22H26N6O4. The van der Waals surface area contributed by atoms with Crippen molar-refractivity contribution in [2.45, 2.75) is 46.1 Å². The van der Waals surface area contributed by atoms with Gasteiger partial charge in [0.15, 0.2) is 5.82 Å². The third-order valence-corrected chi connectivity index (χ3v) is 5.72. The lowest BCUT2D eigenvalue weighted by Crippen LogP contribution is -2.40. The first kappa shape index (κ1) is 21.7. The zero-order valence-electron chi connectivity index (χ0n) is 18.4. The highest BCUT2D eigenvalue weighted by Gasteiger charge is 2.35. The Morgan fingerprint density at radius 2 is 2.00 bits per heavy atom. The van der Waals surface area contributed by atoms with Crippen LogP contribution in [0.15, 0.2) is 33.6 Å². The molecule has 0 radical (unpaired) electrons. The lowest BCUT2D eigenvalue weighted by atomic mass is 10.1. The van der Waals surface area contributed by atoms with E-state index in [9.17, 15) is 9.59 Å². The molecule has 0 aliphatic carbocycles. The summed E-state index contributed by atoms with van der Waals surface area (Å²) in [5.41, 5.74) is 2.25.